The maximum Gasteiger partial charge on any atom is 0.179 e. The summed E-state index contributed by atoms with van der Waals surface area (Å²) in [6, 6.07) is 11.8. The van der Waals surface area contributed by atoms with Crippen molar-refractivity contribution in [1.82, 2.24) is 9.38 Å². The maximum absolute atomic E-state index is 5.77. The number of hydrogen-bond donors (Lipinski definition) is 1. The standard InChI is InChI=1S/C17H19N3O2/c1-13-4-6-15(7-5-13)21-9-10-22-16-3-2-8-20-12-14(11-18)19-17(16)20/h2-8,12H,9-11,18H2,1H3. The van der Waals surface area contributed by atoms with Gasteiger partial charge in [-0.15, -0.1) is 0 Å². The number of rotatable bonds is 6. The Kier molecular flexibility index (Phi) is 4.25. The fraction of sp³-hybridized carbons (Fsp3) is 0.235. The van der Waals surface area contributed by atoms with E-state index in [1.807, 2.05) is 60.1 Å². The number of hydrogen-bond acceptors (Lipinski definition) is 4. The Labute approximate surface area is 129 Å². The Hall–Kier alpha value is -2.53. The number of nitrogens with zero attached hydrogens (tertiary/aromatic N) is 2. The third-order valence-electron chi connectivity index (χ3n) is 3.34. The summed E-state index contributed by atoms with van der Waals surface area (Å²) in [5, 5.41) is 0. The van der Waals surface area contributed by atoms with Crippen LogP contribution in [0, 0.1) is 6.92 Å². The summed E-state index contributed by atoms with van der Waals surface area (Å²) in [6.07, 6.45) is 3.84. The third kappa shape index (κ3) is 3.20. The molecule has 0 bridgehead atoms. The van der Waals surface area contributed by atoms with Crippen molar-refractivity contribution in [3.63, 3.8) is 0 Å². The zero-order valence-corrected chi connectivity index (χ0v) is 12.5. The van der Waals surface area contributed by atoms with E-state index in [-0.39, 0.29) is 0 Å². The average Bonchev–Trinajstić information content (AvgIpc) is 2.97. The lowest BCUT2D eigenvalue weighted by atomic mass is 10.2. The van der Waals surface area contributed by atoms with Gasteiger partial charge >= 0.3 is 0 Å². The van der Waals surface area contributed by atoms with Gasteiger partial charge in [0.05, 0.1) is 5.69 Å². The van der Waals surface area contributed by atoms with E-state index in [9.17, 15) is 0 Å². The lowest BCUT2D eigenvalue weighted by Crippen LogP contribution is -2.09. The number of fused-ring (bicyclic) bond motifs is 1. The van der Waals surface area contributed by atoms with Crippen LogP contribution >= 0.6 is 0 Å². The van der Waals surface area contributed by atoms with Crippen LogP contribution < -0.4 is 15.2 Å². The van der Waals surface area contributed by atoms with Gasteiger partial charge in [-0.1, -0.05) is 17.7 Å². The second-order valence-electron chi connectivity index (χ2n) is 5.05. The summed E-state index contributed by atoms with van der Waals surface area (Å²) >= 11 is 0. The fourth-order valence-electron chi connectivity index (χ4n) is 2.19. The molecule has 0 saturated heterocycles. The van der Waals surface area contributed by atoms with Gasteiger partial charge in [-0.2, -0.15) is 0 Å². The van der Waals surface area contributed by atoms with Crippen LogP contribution in [0.1, 0.15) is 11.3 Å². The minimum Gasteiger partial charge on any atom is -0.490 e. The van der Waals surface area contributed by atoms with Crippen molar-refractivity contribution in [1.29, 1.82) is 0 Å². The zero-order valence-electron chi connectivity index (χ0n) is 12.5. The molecule has 2 aromatic heterocycles. The van der Waals surface area contributed by atoms with E-state index in [1.54, 1.807) is 0 Å². The zero-order chi connectivity index (χ0) is 15.4. The molecular weight excluding hydrogens is 278 g/mol. The van der Waals surface area contributed by atoms with Gasteiger partial charge in [0.15, 0.2) is 11.4 Å². The van der Waals surface area contributed by atoms with Crippen molar-refractivity contribution in [2.75, 3.05) is 13.2 Å². The molecule has 0 radical (unpaired) electrons. The lowest BCUT2D eigenvalue weighted by Gasteiger charge is -2.09. The van der Waals surface area contributed by atoms with Crippen LogP contribution in [0.4, 0.5) is 0 Å². The molecule has 3 aromatic rings. The first-order valence-corrected chi connectivity index (χ1v) is 7.25. The van der Waals surface area contributed by atoms with E-state index in [0.29, 0.717) is 19.8 Å². The summed E-state index contributed by atoms with van der Waals surface area (Å²) in [7, 11) is 0. The molecule has 0 unspecified atom stereocenters. The molecule has 5 nitrogen and oxygen atoms in total. The first-order chi connectivity index (χ1) is 10.8. The van der Waals surface area contributed by atoms with E-state index in [2.05, 4.69) is 4.98 Å². The summed E-state index contributed by atoms with van der Waals surface area (Å²) in [5.41, 5.74) is 8.45. The van der Waals surface area contributed by atoms with Gasteiger partial charge < -0.3 is 19.6 Å². The number of aromatic nitrogens is 2. The molecule has 0 fully saturated rings. The highest BCUT2D eigenvalue weighted by molar-refractivity contribution is 5.54. The van der Waals surface area contributed by atoms with Gasteiger partial charge in [0.1, 0.15) is 19.0 Å². The van der Waals surface area contributed by atoms with Crippen LogP contribution in [0.25, 0.3) is 5.65 Å². The molecule has 2 N–H and O–H groups in total. The van der Waals surface area contributed by atoms with Crippen LogP contribution in [-0.2, 0) is 6.54 Å². The number of benzene rings is 1. The SMILES string of the molecule is Cc1ccc(OCCOc2cccn3cc(CN)nc23)cc1. The third-order valence-corrected chi connectivity index (χ3v) is 3.34. The number of nitrogens with two attached hydrogens (primary N) is 1. The summed E-state index contributed by atoms with van der Waals surface area (Å²) in [5.74, 6) is 1.58. The highest BCUT2D eigenvalue weighted by Crippen LogP contribution is 2.19. The van der Waals surface area contributed by atoms with Crippen molar-refractivity contribution in [3.8, 4) is 11.5 Å². The molecule has 0 aliphatic rings. The van der Waals surface area contributed by atoms with E-state index in [4.69, 9.17) is 15.2 Å². The summed E-state index contributed by atoms with van der Waals surface area (Å²) in [4.78, 5) is 4.45. The van der Waals surface area contributed by atoms with Gasteiger partial charge in [-0.3, -0.25) is 0 Å². The second kappa shape index (κ2) is 6.49. The Morgan fingerprint density at radius 1 is 1.09 bits per heavy atom. The molecule has 0 aliphatic heterocycles. The lowest BCUT2D eigenvalue weighted by molar-refractivity contribution is 0.218. The molecule has 114 valence electrons. The normalized spacial score (nSPS) is 10.8. The minimum absolute atomic E-state index is 0.414. The van der Waals surface area contributed by atoms with E-state index in [0.717, 1.165) is 22.8 Å². The average molecular weight is 297 g/mol. The molecule has 2 heterocycles. The highest BCUT2D eigenvalue weighted by Gasteiger charge is 2.06. The Morgan fingerprint density at radius 3 is 2.64 bits per heavy atom. The van der Waals surface area contributed by atoms with Gasteiger partial charge in [-0.05, 0) is 31.2 Å². The van der Waals surface area contributed by atoms with E-state index >= 15 is 0 Å². The molecule has 1 aromatic carbocycles. The Balaban J connectivity index is 1.59. The first-order valence-electron chi connectivity index (χ1n) is 7.25. The van der Waals surface area contributed by atoms with Crippen molar-refractivity contribution < 1.29 is 9.47 Å². The molecule has 0 saturated carbocycles. The van der Waals surface area contributed by atoms with Gasteiger partial charge in [0, 0.05) is 18.9 Å². The predicted molar refractivity (Wildman–Crippen MR) is 85.3 cm³/mol. The minimum atomic E-state index is 0.414. The number of ether oxygens (including phenoxy) is 2. The maximum atomic E-state index is 5.77. The molecule has 0 atom stereocenters. The van der Waals surface area contributed by atoms with Crippen molar-refractivity contribution in [2.24, 2.45) is 5.73 Å². The Bertz CT molecular complexity index is 750. The van der Waals surface area contributed by atoms with Gasteiger partial charge in [0.2, 0.25) is 0 Å². The smallest absolute Gasteiger partial charge is 0.179 e. The van der Waals surface area contributed by atoms with Crippen LogP contribution in [0.5, 0.6) is 11.5 Å². The van der Waals surface area contributed by atoms with Crippen molar-refractivity contribution >= 4 is 5.65 Å². The van der Waals surface area contributed by atoms with Crippen LogP contribution in [0.3, 0.4) is 0 Å². The van der Waals surface area contributed by atoms with Crippen molar-refractivity contribution in [2.45, 2.75) is 13.5 Å². The molecule has 0 amide bonds. The second-order valence-corrected chi connectivity index (χ2v) is 5.05. The fourth-order valence-corrected chi connectivity index (χ4v) is 2.19. The number of imidazole rings is 1. The molecule has 3 rings (SSSR count). The van der Waals surface area contributed by atoms with Crippen LogP contribution in [0.15, 0.2) is 48.8 Å². The number of pyridine rings is 1. The topological polar surface area (TPSA) is 61.8 Å². The predicted octanol–water partition coefficient (Wildman–Crippen LogP) is 2.56. The van der Waals surface area contributed by atoms with E-state index in [1.165, 1.54) is 5.56 Å². The van der Waals surface area contributed by atoms with Crippen LogP contribution in [-0.4, -0.2) is 22.6 Å². The van der Waals surface area contributed by atoms with Crippen molar-refractivity contribution in [3.05, 3.63) is 60.0 Å². The largest absolute Gasteiger partial charge is 0.490 e. The summed E-state index contributed by atoms with van der Waals surface area (Å²) in [6.45, 7) is 3.40. The highest BCUT2D eigenvalue weighted by atomic mass is 16.5. The Morgan fingerprint density at radius 2 is 1.86 bits per heavy atom. The summed E-state index contributed by atoms with van der Waals surface area (Å²) < 4.78 is 13.3. The van der Waals surface area contributed by atoms with Crippen LogP contribution in [0.2, 0.25) is 0 Å². The monoisotopic (exact) mass is 297 g/mol. The molecule has 0 spiro atoms. The van der Waals surface area contributed by atoms with Gasteiger partial charge in [-0.25, -0.2) is 4.98 Å². The molecule has 0 aliphatic carbocycles. The van der Waals surface area contributed by atoms with E-state index < -0.39 is 0 Å². The molecular formula is C17H19N3O2. The molecule has 5 heteroatoms. The molecule has 22 heavy (non-hydrogen) atoms. The quantitative estimate of drug-likeness (QED) is 0.710. The first kappa shape index (κ1) is 14.4. The number of aryl methyl sites for hydroxylation is 1. The van der Waals surface area contributed by atoms with Gasteiger partial charge in [0.25, 0.3) is 0 Å².